The Bertz CT molecular complexity index is 437. The largest absolute Gasteiger partial charge is 0.479 e. The van der Waals surface area contributed by atoms with Gasteiger partial charge < -0.3 is 10.1 Å². The molecule has 0 heterocycles. The lowest BCUT2D eigenvalue weighted by molar-refractivity contribution is -0.127. The topological polar surface area (TPSA) is 38.3 Å². The van der Waals surface area contributed by atoms with E-state index in [0.29, 0.717) is 15.8 Å². The minimum absolute atomic E-state index is 0.143. The van der Waals surface area contributed by atoms with Gasteiger partial charge in [-0.05, 0) is 38.5 Å². The van der Waals surface area contributed by atoms with E-state index in [1.165, 1.54) is 0 Å². The normalized spacial score (nSPS) is 13.7. The molecule has 1 N–H and O–H groups in total. The van der Waals surface area contributed by atoms with E-state index in [0.717, 1.165) is 12.8 Å². The van der Waals surface area contributed by atoms with E-state index >= 15 is 0 Å². The highest BCUT2D eigenvalue weighted by Gasteiger charge is 2.17. The van der Waals surface area contributed by atoms with Gasteiger partial charge in [-0.25, -0.2) is 0 Å². The number of nitrogens with one attached hydrogen (secondary N) is 1. The summed E-state index contributed by atoms with van der Waals surface area (Å²) >= 11 is 11.8. The van der Waals surface area contributed by atoms with Crippen LogP contribution in [0.15, 0.2) is 18.2 Å². The van der Waals surface area contributed by atoms with Gasteiger partial charge in [-0.2, -0.15) is 0 Å². The molecule has 19 heavy (non-hydrogen) atoms. The monoisotopic (exact) mass is 303 g/mol. The van der Waals surface area contributed by atoms with Gasteiger partial charge in [-0.15, -0.1) is 0 Å². The molecular weight excluding hydrogens is 285 g/mol. The number of carbonyl (C=O) groups excluding carboxylic acids is 1. The maximum atomic E-state index is 11.9. The zero-order chi connectivity index (χ0) is 14.4. The zero-order valence-electron chi connectivity index (χ0n) is 11.4. The molecule has 1 amide bonds. The van der Waals surface area contributed by atoms with Crippen LogP contribution in [0.1, 0.15) is 33.6 Å². The van der Waals surface area contributed by atoms with Crippen molar-refractivity contribution in [2.75, 3.05) is 0 Å². The van der Waals surface area contributed by atoms with Crippen molar-refractivity contribution in [2.45, 2.75) is 45.8 Å². The Labute approximate surface area is 124 Å². The highest BCUT2D eigenvalue weighted by Crippen LogP contribution is 2.28. The average molecular weight is 304 g/mol. The smallest absolute Gasteiger partial charge is 0.260 e. The van der Waals surface area contributed by atoms with Crippen LogP contribution in [0, 0.1) is 0 Å². The van der Waals surface area contributed by atoms with E-state index in [1.807, 2.05) is 6.92 Å². The molecule has 1 rings (SSSR count). The van der Waals surface area contributed by atoms with Gasteiger partial charge in [0.05, 0.1) is 5.02 Å². The first-order valence-corrected chi connectivity index (χ1v) is 7.11. The van der Waals surface area contributed by atoms with E-state index in [1.54, 1.807) is 25.1 Å². The molecule has 0 radical (unpaired) electrons. The first-order chi connectivity index (χ1) is 8.93. The number of ether oxygens (including phenoxy) is 1. The number of hydrogen-bond acceptors (Lipinski definition) is 2. The first-order valence-electron chi connectivity index (χ1n) is 6.36. The number of amides is 1. The van der Waals surface area contributed by atoms with Crippen LogP contribution in [-0.2, 0) is 4.79 Å². The number of halogens is 2. The Morgan fingerprint density at radius 3 is 2.63 bits per heavy atom. The van der Waals surface area contributed by atoms with Crippen molar-refractivity contribution >= 4 is 29.1 Å². The zero-order valence-corrected chi connectivity index (χ0v) is 12.9. The van der Waals surface area contributed by atoms with Gasteiger partial charge in [0.2, 0.25) is 0 Å². The Morgan fingerprint density at radius 1 is 1.37 bits per heavy atom. The number of rotatable bonds is 6. The van der Waals surface area contributed by atoms with Crippen LogP contribution in [0.4, 0.5) is 0 Å². The van der Waals surface area contributed by atoms with Crippen LogP contribution in [0.5, 0.6) is 5.75 Å². The summed E-state index contributed by atoms with van der Waals surface area (Å²) in [7, 11) is 0. The molecule has 0 saturated heterocycles. The van der Waals surface area contributed by atoms with Crippen molar-refractivity contribution < 1.29 is 9.53 Å². The van der Waals surface area contributed by atoms with Crippen molar-refractivity contribution in [3.8, 4) is 5.75 Å². The lowest BCUT2D eigenvalue weighted by Gasteiger charge is -2.18. The first kappa shape index (κ1) is 16.1. The van der Waals surface area contributed by atoms with Crippen molar-refractivity contribution in [2.24, 2.45) is 0 Å². The fourth-order valence-electron chi connectivity index (χ4n) is 1.68. The molecular formula is C14H19Cl2NO2. The molecule has 0 aliphatic rings. The SMILES string of the molecule is CCC[C@H](C)NC(=O)[C@@H](C)Oc1ccc(Cl)cc1Cl. The Hall–Kier alpha value is -0.930. The predicted octanol–water partition coefficient (Wildman–Crippen LogP) is 4.07. The summed E-state index contributed by atoms with van der Waals surface area (Å²) < 4.78 is 5.54. The molecule has 5 heteroatoms. The van der Waals surface area contributed by atoms with E-state index < -0.39 is 6.10 Å². The van der Waals surface area contributed by atoms with Crippen LogP contribution in [0.25, 0.3) is 0 Å². The van der Waals surface area contributed by atoms with E-state index in [-0.39, 0.29) is 11.9 Å². The quantitative estimate of drug-likeness (QED) is 0.860. The van der Waals surface area contributed by atoms with Crippen molar-refractivity contribution in [1.82, 2.24) is 5.32 Å². The number of carbonyl (C=O) groups is 1. The molecule has 2 atom stereocenters. The summed E-state index contributed by atoms with van der Waals surface area (Å²) in [4.78, 5) is 11.9. The molecule has 0 fully saturated rings. The van der Waals surface area contributed by atoms with Crippen molar-refractivity contribution in [3.05, 3.63) is 28.2 Å². The third-order valence-electron chi connectivity index (χ3n) is 2.68. The van der Waals surface area contributed by atoms with Gasteiger partial charge in [-0.3, -0.25) is 4.79 Å². The second-order valence-corrected chi connectivity index (χ2v) is 5.38. The Morgan fingerprint density at radius 2 is 2.05 bits per heavy atom. The fourth-order valence-corrected chi connectivity index (χ4v) is 2.13. The van der Waals surface area contributed by atoms with E-state index in [9.17, 15) is 4.79 Å². The Kier molecular flexibility index (Phi) is 6.46. The third-order valence-corrected chi connectivity index (χ3v) is 3.21. The maximum Gasteiger partial charge on any atom is 0.260 e. The summed E-state index contributed by atoms with van der Waals surface area (Å²) in [5.41, 5.74) is 0. The molecule has 0 unspecified atom stereocenters. The molecule has 106 valence electrons. The van der Waals surface area contributed by atoms with Gasteiger partial charge in [0.15, 0.2) is 6.10 Å². The predicted molar refractivity (Wildman–Crippen MR) is 79.1 cm³/mol. The summed E-state index contributed by atoms with van der Waals surface area (Å²) in [5, 5.41) is 3.83. The highest BCUT2D eigenvalue weighted by molar-refractivity contribution is 6.35. The molecule has 3 nitrogen and oxygen atoms in total. The maximum absolute atomic E-state index is 11.9. The lowest BCUT2D eigenvalue weighted by Crippen LogP contribution is -2.41. The van der Waals surface area contributed by atoms with Crippen molar-refractivity contribution in [1.29, 1.82) is 0 Å². The molecule has 1 aromatic carbocycles. The number of hydrogen-bond donors (Lipinski definition) is 1. The molecule has 0 bridgehead atoms. The van der Waals surface area contributed by atoms with Crippen molar-refractivity contribution in [3.63, 3.8) is 0 Å². The van der Waals surface area contributed by atoms with Crippen LogP contribution in [0.3, 0.4) is 0 Å². The van der Waals surface area contributed by atoms with Crippen LogP contribution < -0.4 is 10.1 Å². The minimum Gasteiger partial charge on any atom is -0.479 e. The van der Waals surface area contributed by atoms with Gasteiger partial charge in [0.1, 0.15) is 5.75 Å². The molecule has 0 aromatic heterocycles. The van der Waals surface area contributed by atoms with E-state index in [2.05, 4.69) is 12.2 Å². The summed E-state index contributed by atoms with van der Waals surface area (Å²) in [6, 6.07) is 5.06. The second-order valence-electron chi connectivity index (χ2n) is 4.53. The minimum atomic E-state index is -0.599. The lowest BCUT2D eigenvalue weighted by atomic mass is 10.2. The molecule has 1 aromatic rings. The Balaban J connectivity index is 2.58. The molecule has 0 spiro atoms. The summed E-state index contributed by atoms with van der Waals surface area (Å²) in [6.07, 6.45) is 1.37. The van der Waals surface area contributed by atoms with E-state index in [4.69, 9.17) is 27.9 Å². The molecule has 0 aliphatic carbocycles. The molecule has 0 saturated carbocycles. The van der Waals surface area contributed by atoms with Crippen LogP contribution in [-0.4, -0.2) is 18.1 Å². The summed E-state index contributed by atoms with van der Waals surface area (Å²) in [6.45, 7) is 5.75. The standard InChI is InChI=1S/C14H19Cl2NO2/c1-4-5-9(2)17-14(18)10(3)19-13-7-6-11(15)8-12(13)16/h6-10H,4-5H2,1-3H3,(H,17,18)/t9-,10+/m0/s1. The second kappa shape index (κ2) is 7.61. The highest BCUT2D eigenvalue weighted by atomic mass is 35.5. The van der Waals surface area contributed by atoms with Gasteiger partial charge in [0.25, 0.3) is 5.91 Å². The average Bonchev–Trinajstić information content (AvgIpc) is 2.32. The van der Waals surface area contributed by atoms with Gasteiger partial charge >= 0.3 is 0 Å². The fraction of sp³-hybridized carbons (Fsp3) is 0.500. The third kappa shape index (κ3) is 5.29. The molecule has 0 aliphatic heterocycles. The number of benzene rings is 1. The van der Waals surface area contributed by atoms with Gasteiger partial charge in [-0.1, -0.05) is 36.5 Å². The summed E-state index contributed by atoms with van der Waals surface area (Å²) in [5.74, 6) is 0.309. The van der Waals surface area contributed by atoms with Crippen LogP contribution in [0.2, 0.25) is 10.0 Å². The van der Waals surface area contributed by atoms with Gasteiger partial charge in [0, 0.05) is 11.1 Å². The van der Waals surface area contributed by atoms with Crippen LogP contribution >= 0.6 is 23.2 Å².